The number of rotatable bonds is 11. The highest BCUT2D eigenvalue weighted by molar-refractivity contribution is 6.19. The molecule has 0 saturated heterocycles. The van der Waals surface area contributed by atoms with Crippen molar-refractivity contribution in [1.29, 1.82) is 0 Å². The molecule has 4 aromatic rings. The molecule has 4 aliphatic carbocycles. The summed E-state index contributed by atoms with van der Waals surface area (Å²) in [6.07, 6.45) is 0.248. The van der Waals surface area contributed by atoms with Crippen molar-refractivity contribution in [1.82, 2.24) is 10.6 Å². The van der Waals surface area contributed by atoms with E-state index in [0.717, 1.165) is 38.6 Å². The Kier molecular flexibility index (Phi) is 9.11. The predicted molar refractivity (Wildman–Crippen MR) is 209 cm³/mol. The third-order valence-electron chi connectivity index (χ3n) is 12.1. The summed E-state index contributed by atoms with van der Waals surface area (Å²) in [6, 6.07) is 23.5. The number of anilines is 2. The van der Waals surface area contributed by atoms with Gasteiger partial charge in [0.05, 0.1) is 16.5 Å². The van der Waals surface area contributed by atoms with Crippen molar-refractivity contribution in [3.63, 3.8) is 0 Å². The second-order valence-electron chi connectivity index (χ2n) is 16.0. The molecule has 4 aromatic carbocycles. The van der Waals surface area contributed by atoms with Crippen molar-refractivity contribution < 1.29 is 33.8 Å². The summed E-state index contributed by atoms with van der Waals surface area (Å²) in [5.74, 6) is -2.31. The molecule has 4 amide bonds. The highest BCUT2D eigenvalue weighted by Crippen LogP contribution is 2.74. The molecule has 1 unspecified atom stereocenters. The average Bonchev–Trinajstić information content (AvgIpc) is 3.67. The van der Waals surface area contributed by atoms with Crippen molar-refractivity contribution >= 4 is 63.5 Å². The molecule has 2 bridgehead atoms. The lowest BCUT2D eigenvalue weighted by Gasteiger charge is -2.67. The zero-order chi connectivity index (χ0) is 38.8. The number of alkyl carbamates (subject to hydrolysis) is 1. The van der Waals surface area contributed by atoms with Crippen molar-refractivity contribution in [2.24, 2.45) is 16.7 Å². The van der Waals surface area contributed by atoms with Crippen LogP contribution in [0.1, 0.15) is 68.6 Å². The third kappa shape index (κ3) is 6.00. The summed E-state index contributed by atoms with van der Waals surface area (Å²) in [4.78, 5) is 67.9. The lowest BCUT2D eigenvalue weighted by molar-refractivity contribution is -0.219. The summed E-state index contributed by atoms with van der Waals surface area (Å²) in [5, 5.41) is 19.7. The standard InChI is InChI=1S/C43H43ClN4O7/c1-23(2)36(47-41(54)55-19-32-28-12-6-4-10-26(28)27-11-5-7-13-29(27)32)38(50)45-24(3)37(49)46-33-16-34-35(31-15-9-8-14-30(31)33)25(17-44)18-48(34)39(51)42-20-43(21-42,22-42)40(52)53/h4-16,23-25,32,36H,17-22H2,1-3H3,(H,45,50)(H,46,49)(H,47,54)(H,52,53)/t24-,25?,36-,42?,43?/m0/s1. The lowest BCUT2D eigenvalue weighted by atomic mass is 9.34. The van der Waals surface area contributed by atoms with Crippen LogP contribution in [0, 0.1) is 16.7 Å². The van der Waals surface area contributed by atoms with Crippen LogP contribution >= 0.6 is 11.6 Å². The van der Waals surface area contributed by atoms with Crippen LogP contribution in [-0.4, -0.2) is 66.0 Å². The largest absolute Gasteiger partial charge is 0.481 e. The fourth-order valence-corrected chi connectivity index (χ4v) is 9.56. The summed E-state index contributed by atoms with van der Waals surface area (Å²) >= 11 is 6.46. The van der Waals surface area contributed by atoms with E-state index in [1.165, 1.54) is 0 Å². The molecule has 3 fully saturated rings. The molecule has 1 heterocycles. The lowest BCUT2D eigenvalue weighted by Crippen LogP contribution is -2.70. The Hall–Kier alpha value is -5.42. The van der Waals surface area contributed by atoms with Crippen LogP contribution in [0.4, 0.5) is 16.2 Å². The number of halogens is 1. The van der Waals surface area contributed by atoms with Crippen LogP contribution in [0.3, 0.4) is 0 Å². The number of carboxylic acid groups (broad SMARTS) is 1. The van der Waals surface area contributed by atoms with Crippen molar-refractivity contribution in [2.75, 3.05) is 29.2 Å². The predicted octanol–water partition coefficient (Wildman–Crippen LogP) is 6.77. The van der Waals surface area contributed by atoms with E-state index in [1.807, 2.05) is 60.7 Å². The molecule has 0 spiro atoms. The summed E-state index contributed by atoms with van der Waals surface area (Å²) < 4.78 is 5.70. The van der Waals surface area contributed by atoms with Gasteiger partial charge in [-0.2, -0.15) is 0 Å². The number of nitrogens with zero attached hydrogens (tertiary/aromatic N) is 1. The normalized spacial score (nSPS) is 22.7. The number of benzene rings is 4. The van der Waals surface area contributed by atoms with Gasteiger partial charge in [0.2, 0.25) is 17.7 Å². The monoisotopic (exact) mass is 762 g/mol. The number of alkyl halides is 1. The topological polar surface area (TPSA) is 154 Å². The molecule has 1 aliphatic heterocycles. The van der Waals surface area contributed by atoms with Crippen LogP contribution in [0.5, 0.6) is 0 Å². The van der Waals surface area contributed by atoms with Gasteiger partial charge in [-0.3, -0.25) is 19.2 Å². The first-order chi connectivity index (χ1) is 26.4. The molecule has 55 heavy (non-hydrogen) atoms. The van der Waals surface area contributed by atoms with Crippen LogP contribution in [0.25, 0.3) is 21.9 Å². The molecule has 12 heteroatoms. The molecule has 0 aromatic heterocycles. The van der Waals surface area contributed by atoms with E-state index in [2.05, 4.69) is 28.1 Å². The quantitative estimate of drug-likeness (QED) is 0.123. The van der Waals surface area contributed by atoms with E-state index < -0.39 is 46.8 Å². The smallest absolute Gasteiger partial charge is 0.407 e. The number of carboxylic acids is 1. The minimum Gasteiger partial charge on any atom is -0.481 e. The number of nitrogens with one attached hydrogen (secondary N) is 3. The zero-order valence-corrected chi connectivity index (χ0v) is 31.6. The van der Waals surface area contributed by atoms with Gasteiger partial charge in [0, 0.05) is 35.3 Å². The van der Waals surface area contributed by atoms with Crippen molar-refractivity contribution in [3.8, 4) is 11.1 Å². The minimum absolute atomic E-state index is 0.0958. The SMILES string of the molecule is CC(C)[C@H](NC(=O)OCC1c2ccccc2-c2ccccc21)C(=O)N[C@@H](C)C(=O)Nc1cc2c(c3ccccc13)C(CCl)CN2C(=O)C12CC(C(=O)O)(C1)C2. The Bertz CT molecular complexity index is 2210. The summed E-state index contributed by atoms with van der Waals surface area (Å²) in [5.41, 5.74) is 4.90. The minimum atomic E-state index is -0.994. The van der Waals surface area contributed by atoms with Gasteiger partial charge in [-0.15, -0.1) is 11.6 Å². The molecule has 3 atom stereocenters. The molecule has 284 valence electrons. The zero-order valence-electron chi connectivity index (χ0n) is 30.9. The number of hydrogen-bond acceptors (Lipinski definition) is 6. The van der Waals surface area contributed by atoms with Gasteiger partial charge in [-0.05, 0) is 71.4 Å². The molecule has 5 aliphatic rings. The first-order valence-corrected chi connectivity index (χ1v) is 19.3. The Morgan fingerprint density at radius 1 is 0.836 bits per heavy atom. The number of hydrogen-bond donors (Lipinski definition) is 4. The number of carbonyl (C=O) groups is 5. The van der Waals surface area contributed by atoms with Gasteiger partial charge in [0.25, 0.3) is 0 Å². The number of aliphatic carboxylic acids is 1. The van der Waals surface area contributed by atoms with E-state index in [1.54, 1.807) is 31.7 Å². The maximum Gasteiger partial charge on any atom is 0.407 e. The number of fused-ring (bicyclic) bond motifs is 6. The Morgan fingerprint density at radius 2 is 1.44 bits per heavy atom. The third-order valence-corrected chi connectivity index (χ3v) is 12.5. The van der Waals surface area contributed by atoms with Gasteiger partial charge < -0.3 is 30.7 Å². The number of amides is 4. The van der Waals surface area contributed by atoms with Gasteiger partial charge in [0.1, 0.15) is 18.7 Å². The molecule has 4 N–H and O–H groups in total. The van der Waals surface area contributed by atoms with E-state index in [4.69, 9.17) is 16.3 Å². The first-order valence-electron chi connectivity index (χ1n) is 18.8. The highest BCUT2D eigenvalue weighted by atomic mass is 35.5. The summed E-state index contributed by atoms with van der Waals surface area (Å²) in [6.45, 7) is 5.61. The van der Waals surface area contributed by atoms with E-state index in [-0.39, 0.29) is 36.1 Å². The maximum absolute atomic E-state index is 14.0. The maximum atomic E-state index is 14.0. The Balaban J connectivity index is 0.947. The molecular formula is C43H43ClN4O7. The van der Waals surface area contributed by atoms with Crippen LogP contribution in [-0.2, 0) is 23.9 Å². The van der Waals surface area contributed by atoms with Crippen molar-refractivity contribution in [2.45, 2.75) is 64.0 Å². The van der Waals surface area contributed by atoms with Crippen LogP contribution < -0.4 is 20.9 Å². The van der Waals surface area contributed by atoms with Gasteiger partial charge in [-0.1, -0.05) is 86.6 Å². The molecule has 3 saturated carbocycles. The molecule has 11 nitrogen and oxygen atoms in total. The second-order valence-corrected chi connectivity index (χ2v) is 16.3. The van der Waals surface area contributed by atoms with Gasteiger partial charge in [0.15, 0.2) is 0 Å². The van der Waals surface area contributed by atoms with Crippen molar-refractivity contribution in [3.05, 3.63) is 95.6 Å². The fourth-order valence-electron chi connectivity index (χ4n) is 9.31. The molecular weight excluding hydrogens is 720 g/mol. The van der Waals surface area contributed by atoms with Gasteiger partial charge in [-0.25, -0.2) is 4.79 Å². The fraction of sp³-hybridized carbons (Fsp3) is 0.372. The van der Waals surface area contributed by atoms with Crippen LogP contribution in [0.15, 0.2) is 78.9 Å². The Morgan fingerprint density at radius 3 is 2.04 bits per heavy atom. The highest BCUT2D eigenvalue weighted by Gasteiger charge is 2.76. The average molecular weight is 763 g/mol. The number of ether oxygens (including phenoxy) is 1. The Labute approximate surface area is 323 Å². The van der Waals surface area contributed by atoms with E-state index in [9.17, 15) is 29.1 Å². The number of carbonyl (C=O) groups excluding carboxylic acids is 4. The molecule has 9 rings (SSSR count). The van der Waals surface area contributed by atoms with Crippen LogP contribution in [0.2, 0.25) is 0 Å². The molecule has 0 radical (unpaired) electrons. The first kappa shape index (κ1) is 36.6. The summed E-state index contributed by atoms with van der Waals surface area (Å²) in [7, 11) is 0. The van der Waals surface area contributed by atoms with E-state index >= 15 is 0 Å². The second kappa shape index (κ2) is 13.7. The van der Waals surface area contributed by atoms with E-state index in [0.29, 0.717) is 37.2 Å². The van der Waals surface area contributed by atoms with Gasteiger partial charge >= 0.3 is 12.1 Å².